The summed E-state index contributed by atoms with van der Waals surface area (Å²) in [6, 6.07) is 2.26. The first-order chi connectivity index (χ1) is 9.68. The van der Waals surface area contributed by atoms with Crippen LogP contribution >= 0.6 is 0 Å². The monoisotopic (exact) mass is 315 g/mol. The zero-order valence-corrected chi connectivity index (χ0v) is 12.8. The molecule has 2 rings (SSSR count). The molecule has 0 saturated heterocycles. The molecule has 21 heavy (non-hydrogen) atoms. The first-order valence-electron chi connectivity index (χ1n) is 6.72. The highest BCUT2D eigenvalue weighted by atomic mass is 32.2. The van der Waals surface area contributed by atoms with E-state index < -0.39 is 27.3 Å². The van der Waals surface area contributed by atoms with E-state index in [1.165, 1.54) is 13.8 Å². The van der Waals surface area contributed by atoms with Crippen molar-refractivity contribution in [3.63, 3.8) is 0 Å². The normalized spacial score (nSPS) is 17.9. The minimum absolute atomic E-state index is 0.0450. The fourth-order valence-corrected chi connectivity index (χ4v) is 4.84. The number of hydrogen-bond acceptors (Lipinski definition) is 3. The van der Waals surface area contributed by atoms with E-state index in [0.717, 1.165) is 12.1 Å². The number of hydrogen-bond donors (Lipinski definition) is 2. The maximum absolute atomic E-state index is 13.3. The summed E-state index contributed by atoms with van der Waals surface area (Å²) in [5, 5.41) is 9.37. The summed E-state index contributed by atoms with van der Waals surface area (Å²) in [5.41, 5.74) is -0.927. The van der Waals surface area contributed by atoms with Crippen LogP contribution in [0.25, 0.3) is 0 Å². The molecule has 0 bridgehead atoms. The molecule has 0 atom stereocenters. The highest BCUT2D eigenvalue weighted by Crippen LogP contribution is 2.32. The molecule has 1 fully saturated rings. The molecule has 2 N–H and O–H groups in total. The van der Waals surface area contributed by atoms with Gasteiger partial charge < -0.3 is 5.11 Å². The molecule has 1 aliphatic carbocycles. The molecule has 0 unspecified atom stereocenters. The second-order valence-corrected chi connectivity index (χ2v) is 7.19. The maximum atomic E-state index is 13.3. The fraction of sp³-hybridized carbons (Fsp3) is 0.500. The lowest BCUT2D eigenvalue weighted by Crippen LogP contribution is -2.52. The van der Waals surface area contributed by atoms with Crippen LogP contribution < -0.4 is 4.72 Å². The van der Waals surface area contributed by atoms with Crippen molar-refractivity contribution in [3.05, 3.63) is 29.1 Å². The zero-order chi connectivity index (χ0) is 15.8. The van der Waals surface area contributed by atoms with E-state index in [-0.39, 0.29) is 28.9 Å². The number of aliphatic carboxylic acids is 1. The molecule has 0 radical (unpaired) electrons. The van der Waals surface area contributed by atoms with Gasteiger partial charge in [-0.2, -0.15) is 4.72 Å². The molecule has 7 heteroatoms. The first-order valence-corrected chi connectivity index (χ1v) is 8.20. The highest BCUT2D eigenvalue weighted by Gasteiger charge is 2.45. The lowest BCUT2D eigenvalue weighted by Gasteiger charge is -2.26. The van der Waals surface area contributed by atoms with Gasteiger partial charge in [0.05, 0.1) is 4.90 Å². The Balaban J connectivity index is 2.46. The van der Waals surface area contributed by atoms with Gasteiger partial charge in [-0.1, -0.05) is 12.8 Å². The van der Waals surface area contributed by atoms with Crippen LogP contribution in [0.2, 0.25) is 0 Å². The first kappa shape index (κ1) is 15.9. The van der Waals surface area contributed by atoms with E-state index in [1.54, 1.807) is 0 Å². The van der Waals surface area contributed by atoms with E-state index >= 15 is 0 Å². The number of nitrogens with one attached hydrogen (secondary N) is 1. The molecule has 1 aromatic rings. The van der Waals surface area contributed by atoms with Crippen LogP contribution in [0.3, 0.4) is 0 Å². The van der Waals surface area contributed by atoms with Crippen molar-refractivity contribution in [3.8, 4) is 0 Å². The average molecular weight is 315 g/mol. The Hall–Kier alpha value is -1.47. The number of aryl methyl sites for hydroxylation is 2. The number of benzene rings is 1. The molecule has 0 heterocycles. The largest absolute Gasteiger partial charge is 0.480 e. The van der Waals surface area contributed by atoms with E-state index in [2.05, 4.69) is 4.72 Å². The van der Waals surface area contributed by atoms with Crippen molar-refractivity contribution in [2.75, 3.05) is 0 Å². The van der Waals surface area contributed by atoms with Crippen LogP contribution in [-0.2, 0) is 14.8 Å². The third-order valence-corrected chi connectivity index (χ3v) is 5.73. The number of carbonyl (C=O) groups is 1. The Kier molecular flexibility index (Phi) is 4.08. The lowest BCUT2D eigenvalue weighted by atomic mass is 10.0. The van der Waals surface area contributed by atoms with Gasteiger partial charge in [-0.3, -0.25) is 4.79 Å². The van der Waals surface area contributed by atoms with Crippen molar-refractivity contribution >= 4 is 16.0 Å². The number of rotatable bonds is 4. The van der Waals surface area contributed by atoms with Gasteiger partial charge in [0.15, 0.2) is 0 Å². The summed E-state index contributed by atoms with van der Waals surface area (Å²) < 4.78 is 40.7. The SMILES string of the molecule is Cc1cc(F)cc(C)c1S(=O)(=O)NC1(C(=O)O)CCCC1. The molecule has 0 aromatic heterocycles. The quantitative estimate of drug-likeness (QED) is 0.891. The van der Waals surface area contributed by atoms with Crippen molar-refractivity contribution in [1.29, 1.82) is 0 Å². The van der Waals surface area contributed by atoms with Crippen LogP contribution in [0.15, 0.2) is 17.0 Å². The maximum Gasteiger partial charge on any atom is 0.324 e. The molecule has 0 amide bonds. The van der Waals surface area contributed by atoms with Gasteiger partial charge in [0, 0.05) is 0 Å². The van der Waals surface area contributed by atoms with E-state index in [0.29, 0.717) is 12.8 Å². The van der Waals surface area contributed by atoms with Crippen LogP contribution in [0.1, 0.15) is 36.8 Å². The summed E-state index contributed by atoms with van der Waals surface area (Å²) >= 11 is 0. The van der Waals surface area contributed by atoms with E-state index in [4.69, 9.17) is 0 Å². The van der Waals surface area contributed by atoms with E-state index in [9.17, 15) is 22.7 Å². The minimum Gasteiger partial charge on any atom is -0.480 e. The molecule has 1 aliphatic rings. The number of carboxylic acid groups (broad SMARTS) is 1. The number of carboxylic acids is 1. The van der Waals surface area contributed by atoms with Gasteiger partial charge >= 0.3 is 5.97 Å². The predicted molar refractivity (Wildman–Crippen MR) is 75.0 cm³/mol. The standard InChI is InChI=1S/C14H18FNO4S/c1-9-7-11(15)8-10(2)12(9)21(19,20)16-14(13(17)18)5-3-4-6-14/h7-8,16H,3-6H2,1-2H3,(H,17,18). The minimum atomic E-state index is -4.02. The Morgan fingerprint density at radius 1 is 1.24 bits per heavy atom. The Morgan fingerprint density at radius 2 is 1.71 bits per heavy atom. The van der Waals surface area contributed by atoms with Crippen LogP contribution in [0.5, 0.6) is 0 Å². The molecular weight excluding hydrogens is 297 g/mol. The van der Waals surface area contributed by atoms with Crippen LogP contribution in [0, 0.1) is 19.7 Å². The molecule has 116 valence electrons. The summed E-state index contributed by atoms with van der Waals surface area (Å²) in [5.74, 6) is -1.68. The van der Waals surface area contributed by atoms with Gasteiger partial charge in [0.1, 0.15) is 11.4 Å². The Labute approximate surface area is 123 Å². The third kappa shape index (κ3) is 2.94. The highest BCUT2D eigenvalue weighted by molar-refractivity contribution is 7.89. The van der Waals surface area contributed by atoms with Crippen molar-refractivity contribution in [1.82, 2.24) is 4.72 Å². The fourth-order valence-electron chi connectivity index (χ4n) is 2.97. The predicted octanol–water partition coefficient (Wildman–Crippen LogP) is 2.12. The number of sulfonamides is 1. The summed E-state index contributed by atoms with van der Waals surface area (Å²) in [4.78, 5) is 11.4. The molecule has 0 spiro atoms. The second kappa shape index (κ2) is 5.38. The van der Waals surface area contributed by atoms with Crippen molar-refractivity contribution in [2.45, 2.75) is 50.0 Å². The van der Waals surface area contributed by atoms with E-state index in [1.807, 2.05) is 0 Å². The van der Waals surface area contributed by atoms with Gasteiger partial charge in [-0.15, -0.1) is 0 Å². The van der Waals surface area contributed by atoms with Crippen LogP contribution in [0.4, 0.5) is 4.39 Å². The summed E-state index contributed by atoms with van der Waals surface area (Å²) in [6.45, 7) is 2.99. The van der Waals surface area contributed by atoms with Crippen molar-refractivity contribution < 1.29 is 22.7 Å². The van der Waals surface area contributed by atoms with Gasteiger partial charge in [-0.05, 0) is 49.9 Å². The number of halogens is 1. The molecular formula is C14H18FNO4S. The molecule has 1 aromatic carbocycles. The Bertz CT molecular complexity index is 655. The van der Waals surface area contributed by atoms with Gasteiger partial charge in [0.2, 0.25) is 10.0 Å². The summed E-state index contributed by atoms with van der Waals surface area (Å²) in [6.07, 6.45) is 1.86. The lowest BCUT2D eigenvalue weighted by molar-refractivity contribution is -0.143. The molecule has 0 aliphatic heterocycles. The molecule has 1 saturated carbocycles. The molecule has 5 nitrogen and oxygen atoms in total. The topological polar surface area (TPSA) is 83.5 Å². The third-order valence-electron chi connectivity index (χ3n) is 3.89. The smallest absolute Gasteiger partial charge is 0.324 e. The van der Waals surface area contributed by atoms with Crippen molar-refractivity contribution in [2.24, 2.45) is 0 Å². The van der Waals surface area contributed by atoms with Gasteiger partial charge in [0.25, 0.3) is 0 Å². The van der Waals surface area contributed by atoms with Crippen LogP contribution in [-0.4, -0.2) is 25.0 Å². The average Bonchev–Trinajstić information content (AvgIpc) is 2.75. The zero-order valence-electron chi connectivity index (χ0n) is 11.9. The van der Waals surface area contributed by atoms with Gasteiger partial charge in [-0.25, -0.2) is 12.8 Å². The Morgan fingerprint density at radius 3 is 2.14 bits per heavy atom. The summed E-state index contributed by atoms with van der Waals surface area (Å²) in [7, 11) is -4.02. The second-order valence-electron chi connectivity index (χ2n) is 5.57.